The van der Waals surface area contributed by atoms with Gasteiger partial charge in [-0.05, 0) is 31.5 Å². The Morgan fingerprint density at radius 1 is 1.42 bits per heavy atom. The summed E-state index contributed by atoms with van der Waals surface area (Å²) in [7, 11) is 0. The lowest BCUT2D eigenvalue weighted by molar-refractivity contribution is 0.279. The Hall–Kier alpha value is -2.12. The second-order valence-electron chi connectivity index (χ2n) is 4.73. The molecular weight excluding hydrogens is 238 g/mol. The molecule has 0 aliphatic carbocycles. The van der Waals surface area contributed by atoms with Crippen LogP contribution in [0.25, 0.3) is 10.9 Å². The number of aromatic nitrogens is 1. The summed E-state index contributed by atoms with van der Waals surface area (Å²) in [6.07, 6.45) is 3.90. The summed E-state index contributed by atoms with van der Waals surface area (Å²) in [5.74, 6) is 0.654. The second kappa shape index (κ2) is 5.25. The van der Waals surface area contributed by atoms with Crippen molar-refractivity contribution in [3.63, 3.8) is 0 Å². The van der Waals surface area contributed by atoms with Gasteiger partial charge in [-0.3, -0.25) is 4.98 Å². The Bertz CT molecular complexity index is 627. The first-order chi connectivity index (χ1) is 9.38. The molecule has 0 bridgehead atoms. The summed E-state index contributed by atoms with van der Waals surface area (Å²) in [5.41, 5.74) is 1.35. The lowest BCUT2D eigenvalue weighted by Crippen LogP contribution is -2.28. The van der Waals surface area contributed by atoms with Gasteiger partial charge in [0.2, 0.25) is 0 Å². The van der Waals surface area contributed by atoms with E-state index in [-0.39, 0.29) is 0 Å². The zero-order valence-electron chi connectivity index (χ0n) is 10.6. The fraction of sp³-hybridized carbons (Fsp3) is 0.333. The highest BCUT2D eigenvalue weighted by Crippen LogP contribution is 2.28. The van der Waals surface area contributed by atoms with Crippen LogP contribution in [-0.2, 0) is 0 Å². The third kappa shape index (κ3) is 2.38. The number of hydrogen-bond donors (Lipinski definition) is 1. The van der Waals surface area contributed by atoms with Gasteiger partial charge < -0.3 is 10.1 Å². The molecule has 2 aromatic rings. The molecule has 4 heteroatoms. The summed E-state index contributed by atoms with van der Waals surface area (Å²) >= 11 is 0. The molecule has 4 nitrogen and oxygen atoms in total. The van der Waals surface area contributed by atoms with Gasteiger partial charge in [0.05, 0.1) is 5.52 Å². The van der Waals surface area contributed by atoms with Gasteiger partial charge in [-0.25, -0.2) is 0 Å². The Kier molecular flexibility index (Phi) is 3.30. The Balaban J connectivity index is 1.93. The van der Waals surface area contributed by atoms with Crippen molar-refractivity contribution < 1.29 is 4.74 Å². The van der Waals surface area contributed by atoms with E-state index in [2.05, 4.69) is 16.4 Å². The first-order valence-corrected chi connectivity index (χ1v) is 6.52. The minimum atomic E-state index is 0.387. The van der Waals surface area contributed by atoms with E-state index in [0.717, 1.165) is 23.9 Å². The zero-order valence-corrected chi connectivity index (χ0v) is 10.6. The van der Waals surface area contributed by atoms with Crippen molar-refractivity contribution in [3.8, 4) is 11.8 Å². The molecule has 0 radical (unpaired) electrons. The zero-order chi connectivity index (χ0) is 13.1. The standard InChI is InChI=1S/C15H15N3O/c16-8-11-9-18-14-6-2-1-5-13(14)15(11)19-10-12-4-3-7-17-12/h1-2,5-6,9,12,17H,3-4,7,10H2. The summed E-state index contributed by atoms with van der Waals surface area (Å²) in [6, 6.07) is 10.3. The molecule has 1 aliphatic heterocycles. The molecule has 1 aromatic heterocycles. The molecule has 1 saturated heterocycles. The van der Waals surface area contributed by atoms with Gasteiger partial charge in [-0.15, -0.1) is 0 Å². The van der Waals surface area contributed by atoms with Crippen molar-refractivity contribution in [1.82, 2.24) is 10.3 Å². The van der Waals surface area contributed by atoms with Crippen LogP contribution in [0.1, 0.15) is 18.4 Å². The molecule has 1 fully saturated rings. The first kappa shape index (κ1) is 11.9. The van der Waals surface area contributed by atoms with Crippen molar-refractivity contribution in [2.24, 2.45) is 0 Å². The van der Waals surface area contributed by atoms with Gasteiger partial charge in [0.25, 0.3) is 0 Å². The molecule has 1 aromatic carbocycles. The maximum absolute atomic E-state index is 9.18. The molecule has 1 atom stereocenters. The summed E-state index contributed by atoms with van der Waals surface area (Å²) in [5, 5.41) is 13.5. The molecular formula is C15H15N3O. The van der Waals surface area contributed by atoms with Crippen molar-refractivity contribution in [2.45, 2.75) is 18.9 Å². The normalized spacial score (nSPS) is 18.4. The van der Waals surface area contributed by atoms with E-state index in [1.54, 1.807) is 6.20 Å². The van der Waals surface area contributed by atoms with E-state index in [9.17, 15) is 5.26 Å². The third-order valence-corrected chi connectivity index (χ3v) is 3.44. The molecule has 0 saturated carbocycles. The van der Waals surface area contributed by atoms with E-state index in [1.165, 1.54) is 6.42 Å². The van der Waals surface area contributed by atoms with E-state index in [4.69, 9.17) is 4.74 Å². The smallest absolute Gasteiger partial charge is 0.148 e. The number of hydrogen-bond acceptors (Lipinski definition) is 4. The predicted octanol–water partition coefficient (Wildman–Crippen LogP) is 2.24. The van der Waals surface area contributed by atoms with Crippen LogP contribution in [0, 0.1) is 11.3 Å². The number of para-hydroxylation sites is 1. The summed E-state index contributed by atoms with van der Waals surface area (Å²) < 4.78 is 5.90. The predicted molar refractivity (Wildman–Crippen MR) is 73.0 cm³/mol. The van der Waals surface area contributed by atoms with Crippen LogP contribution in [-0.4, -0.2) is 24.2 Å². The van der Waals surface area contributed by atoms with Crippen molar-refractivity contribution in [2.75, 3.05) is 13.2 Å². The van der Waals surface area contributed by atoms with Crippen LogP contribution in [0.2, 0.25) is 0 Å². The first-order valence-electron chi connectivity index (χ1n) is 6.52. The minimum absolute atomic E-state index is 0.387. The highest BCUT2D eigenvalue weighted by molar-refractivity contribution is 5.87. The Morgan fingerprint density at radius 2 is 2.32 bits per heavy atom. The SMILES string of the molecule is N#Cc1cnc2ccccc2c1OCC1CCCN1. The highest BCUT2D eigenvalue weighted by atomic mass is 16.5. The minimum Gasteiger partial charge on any atom is -0.490 e. The molecule has 1 unspecified atom stereocenters. The number of pyridine rings is 1. The van der Waals surface area contributed by atoms with Crippen molar-refractivity contribution >= 4 is 10.9 Å². The number of benzene rings is 1. The number of fused-ring (bicyclic) bond motifs is 1. The molecule has 1 aliphatic rings. The molecule has 2 heterocycles. The van der Waals surface area contributed by atoms with Crippen LogP contribution in [0.3, 0.4) is 0 Å². The van der Waals surface area contributed by atoms with Crippen LogP contribution >= 0.6 is 0 Å². The second-order valence-corrected chi connectivity index (χ2v) is 4.73. The van der Waals surface area contributed by atoms with Gasteiger partial charge in [-0.2, -0.15) is 5.26 Å². The average Bonchev–Trinajstić information content (AvgIpc) is 2.97. The van der Waals surface area contributed by atoms with E-state index in [0.29, 0.717) is 24.0 Å². The van der Waals surface area contributed by atoms with E-state index < -0.39 is 0 Å². The van der Waals surface area contributed by atoms with E-state index in [1.807, 2.05) is 24.3 Å². The summed E-state index contributed by atoms with van der Waals surface area (Å²) in [6.45, 7) is 1.65. The number of nitriles is 1. The maximum Gasteiger partial charge on any atom is 0.148 e. The van der Waals surface area contributed by atoms with Crippen LogP contribution in [0.15, 0.2) is 30.5 Å². The number of rotatable bonds is 3. The van der Waals surface area contributed by atoms with Crippen LogP contribution < -0.4 is 10.1 Å². The van der Waals surface area contributed by atoms with Crippen LogP contribution in [0.5, 0.6) is 5.75 Å². The fourth-order valence-corrected chi connectivity index (χ4v) is 2.43. The maximum atomic E-state index is 9.18. The Morgan fingerprint density at radius 3 is 3.11 bits per heavy atom. The van der Waals surface area contributed by atoms with Gasteiger partial charge >= 0.3 is 0 Å². The van der Waals surface area contributed by atoms with Gasteiger partial charge in [0.1, 0.15) is 24.0 Å². The fourth-order valence-electron chi connectivity index (χ4n) is 2.43. The van der Waals surface area contributed by atoms with Gasteiger partial charge in [0.15, 0.2) is 0 Å². The molecule has 0 spiro atoms. The average molecular weight is 253 g/mol. The quantitative estimate of drug-likeness (QED) is 0.911. The monoisotopic (exact) mass is 253 g/mol. The molecule has 96 valence electrons. The van der Waals surface area contributed by atoms with E-state index >= 15 is 0 Å². The number of nitrogens with one attached hydrogen (secondary N) is 1. The Labute approximate surface area is 112 Å². The highest BCUT2D eigenvalue weighted by Gasteiger charge is 2.16. The largest absolute Gasteiger partial charge is 0.490 e. The lowest BCUT2D eigenvalue weighted by Gasteiger charge is -2.14. The molecule has 0 amide bonds. The third-order valence-electron chi connectivity index (χ3n) is 3.44. The van der Waals surface area contributed by atoms with Crippen molar-refractivity contribution in [3.05, 3.63) is 36.0 Å². The van der Waals surface area contributed by atoms with Gasteiger partial charge in [-0.1, -0.05) is 12.1 Å². The number of nitrogens with zero attached hydrogens (tertiary/aromatic N) is 2. The lowest BCUT2D eigenvalue weighted by atomic mass is 10.1. The van der Waals surface area contributed by atoms with Crippen molar-refractivity contribution in [1.29, 1.82) is 5.26 Å². The number of ether oxygens (including phenoxy) is 1. The molecule has 3 rings (SSSR count). The molecule has 19 heavy (non-hydrogen) atoms. The topological polar surface area (TPSA) is 57.9 Å². The molecule has 1 N–H and O–H groups in total. The summed E-state index contributed by atoms with van der Waals surface area (Å²) in [4.78, 5) is 4.27. The van der Waals surface area contributed by atoms with Crippen LogP contribution in [0.4, 0.5) is 0 Å². The van der Waals surface area contributed by atoms with Gasteiger partial charge in [0, 0.05) is 17.6 Å².